The molecule has 3 unspecified atom stereocenters. The van der Waals surface area contributed by atoms with E-state index in [1.807, 2.05) is 0 Å². The van der Waals surface area contributed by atoms with Gasteiger partial charge in [-0.25, -0.2) is 0 Å². The minimum atomic E-state index is -0.118. The summed E-state index contributed by atoms with van der Waals surface area (Å²) in [4.78, 5) is 12.4. The number of hydrogen-bond donors (Lipinski definition) is 2. The molecule has 2 aliphatic carbocycles. The van der Waals surface area contributed by atoms with Crippen molar-refractivity contribution < 1.29 is 4.79 Å². The van der Waals surface area contributed by atoms with Gasteiger partial charge in [-0.1, -0.05) is 13.3 Å². The SMILES string of the molecule is CC1(C(=O)NC2CC3CCC2C3)CCNCC1. The Morgan fingerprint density at radius 3 is 2.59 bits per heavy atom. The lowest BCUT2D eigenvalue weighted by atomic mass is 9.79. The molecule has 3 fully saturated rings. The first-order valence-electron chi connectivity index (χ1n) is 7.19. The van der Waals surface area contributed by atoms with Gasteiger partial charge in [-0.3, -0.25) is 4.79 Å². The van der Waals surface area contributed by atoms with E-state index in [1.54, 1.807) is 0 Å². The molecule has 3 atom stereocenters. The number of amides is 1. The van der Waals surface area contributed by atoms with E-state index in [0.29, 0.717) is 11.9 Å². The van der Waals surface area contributed by atoms with Crippen LogP contribution in [0.1, 0.15) is 45.4 Å². The summed E-state index contributed by atoms with van der Waals surface area (Å²) in [5, 5.41) is 6.69. The van der Waals surface area contributed by atoms with Crippen LogP contribution in [0.25, 0.3) is 0 Å². The number of carbonyl (C=O) groups excluding carboxylic acids is 1. The standard InChI is InChI=1S/C14H24N2O/c1-14(4-6-15-7-5-14)13(17)16-12-9-10-2-3-11(12)8-10/h10-12,15H,2-9H2,1H3,(H,16,17). The fourth-order valence-corrected chi connectivity index (χ4v) is 3.97. The van der Waals surface area contributed by atoms with Gasteiger partial charge in [0.1, 0.15) is 0 Å². The van der Waals surface area contributed by atoms with E-state index in [-0.39, 0.29) is 5.41 Å². The van der Waals surface area contributed by atoms with E-state index in [0.717, 1.165) is 37.8 Å². The summed E-state index contributed by atoms with van der Waals surface area (Å²) >= 11 is 0. The molecule has 1 aliphatic heterocycles. The minimum Gasteiger partial charge on any atom is -0.353 e. The zero-order valence-corrected chi connectivity index (χ0v) is 10.8. The van der Waals surface area contributed by atoms with Gasteiger partial charge < -0.3 is 10.6 Å². The molecular weight excluding hydrogens is 212 g/mol. The number of fused-ring (bicyclic) bond motifs is 2. The maximum atomic E-state index is 12.4. The molecule has 0 spiro atoms. The topological polar surface area (TPSA) is 41.1 Å². The van der Waals surface area contributed by atoms with E-state index in [9.17, 15) is 4.79 Å². The first-order valence-corrected chi connectivity index (χ1v) is 7.19. The van der Waals surface area contributed by atoms with E-state index in [2.05, 4.69) is 17.6 Å². The highest BCUT2D eigenvalue weighted by Crippen LogP contribution is 2.44. The molecule has 3 nitrogen and oxygen atoms in total. The second-order valence-electron chi connectivity index (χ2n) is 6.57. The molecular formula is C14H24N2O. The Morgan fingerprint density at radius 2 is 2.00 bits per heavy atom. The summed E-state index contributed by atoms with van der Waals surface area (Å²) in [5.74, 6) is 2.01. The van der Waals surface area contributed by atoms with Gasteiger partial charge in [0.25, 0.3) is 0 Å². The predicted octanol–water partition coefficient (Wildman–Crippen LogP) is 1.68. The van der Waals surface area contributed by atoms with Gasteiger partial charge in [-0.2, -0.15) is 0 Å². The van der Waals surface area contributed by atoms with Gasteiger partial charge in [0.15, 0.2) is 0 Å². The van der Waals surface area contributed by atoms with Crippen LogP contribution in [0.4, 0.5) is 0 Å². The van der Waals surface area contributed by atoms with Crippen LogP contribution in [0.15, 0.2) is 0 Å². The van der Waals surface area contributed by atoms with Crippen LogP contribution in [0, 0.1) is 17.3 Å². The fourth-order valence-electron chi connectivity index (χ4n) is 3.97. The monoisotopic (exact) mass is 236 g/mol. The smallest absolute Gasteiger partial charge is 0.226 e. The molecule has 1 heterocycles. The Morgan fingerprint density at radius 1 is 1.24 bits per heavy atom. The summed E-state index contributed by atoms with van der Waals surface area (Å²) in [5.41, 5.74) is -0.118. The van der Waals surface area contributed by atoms with Crippen molar-refractivity contribution in [3.05, 3.63) is 0 Å². The third-order valence-corrected chi connectivity index (χ3v) is 5.31. The van der Waals surface area contributed by atoms with Gasteiger partial charge >= 0.3 is 0 Å². The largest absolute Gasteiger partial charge is 0.353 e. The molecule has 0 aromatic rings. The Bertz CT molecular complexity index is 309. The number of hydrogen-bond acceptors (Lipinski definition) is 2. The maximum absolute atomic E-state index is 12.4. The molecule has 3 aliphatic rings. The first-order chi connectivity index (χ1) is 8.17. The first kappa shape index (κ1) is 11.5. The third kappa shape index (κ3) is 2.10. The number of rotatable bonds is 2. The van der Waals surface area contributed by atoms with Crippen molar-refractivity contribution in [3.63, 3.8) is 0 Å². The van der Waals surface area contributed by atoms with Crippen molar-refractivity contribution in [3.8, 4) is 0 Å². The number of nitrogens with one attached hydrogen (secondary N) is 2. The van der Waals surface area contributed by atoms with Crippen LogP contribution in [0.2, 0.25) is 0 Å². The summed E-state index contributed by atoms with van der Waals surface area (Å²) in [6.07, 6.45) is 7.32. The summed E-state index contributed by atoms with van der Waals surface area (Å²) in [6, 6.07) is 0.493. The highest BCUT2D eigenvalue weighted by Gasteiger charge is 2.42. The highest BCUT2D eigenvalue weighted by molar-refractivity contribution is 5.82. The van der Waals surface area contributed by atoms with Crippen LogP contribution in [-0.2, 0) is 4.79 Å². The average Bonchev–Trinajstić information content (AvgIpc) is 2.92. The van der Waals surface area contributed by atoms with Crippen LogP contribution < -0.4 is 10.6 Å². The van der Waals surface area contributed by atoms with Crippen molar-refractivity contribution in [1.29, 1.82) is 0 Å². The Hall–Kier alpha value is -0.570. The zero-order valence-electron chi connectivity index (χ0n) is 10.8. The molecule has 3 heteroatoms. The van der Waals surface area contributed by atoms with Crippen molar-refractivity contribution in [2.45, 2.75) is 51.5 Å². The van der Waals surface area contributed by atoms with Crippen molar-refractivity contribution in [2.24, 2.45) is 17.3 Å². The Balaban J connectivity index is 1.59. The third-order valence-electron chi connectivity index (χ3n) is 5.31. The molecule has 3 rings (SSSR count). The van der Waals surface area contributed by atoms with E-state index >= 15 is 0 Å². The van der Waals surface area contributed by atoms with Crippen LogP contribution >= 0.6 is 0 Å². The lowest BCUT2D eigenvalue weighted by Crippen LogP contribution is -2.49. The van der Waals surface area contributed by atoms with Gasteiger partial charge in [0.2, 0.25) is 5.91 Å². The molecule has 0 aromatic heterocycles. The molecule has 1 saturated heterocycles. The van der Waals surface area contributed by atoms with Gasteiger partial charge in [-0.05, 0) is 57.0 Å². The molecule has 17 heavy (non-hydrogen) atoms. The predicted molar refractivity (Wildman–Crippen MR) is 67.6 cm³/mol. The Labute approximate surface area is 104 Å². The second kappa shape index (κ2) is 4.27. The molecule has 0 radical (unpaired) electrons. The van der Waals surface area contributed by atoms with Crippen LogP contribution in [0.5, 0.6) is 0 Å². The normalized spacial score (nSPS) is 39.2. The van der Waals surface area contributed by atoms with Crippen molar-refractivity contribution >= 4 is 5.91 Å². The second-order valence-corrected chi connectivity index (χ2v) is 6.57. The van der Waals surface area contributed by atoms with Gasteiger partial charge in [0.05, 0.1) is 0 Å². The van der Waals surface area contributed by atoms with Crippen LogP contribution in [0.3, 0.4) is 0 Å². The van der Waals surface area contributed by atoms with Gasteiger partial charge in [0, 0.05) is 11.5 Å². The molecule has 2 saturated carbocycles. The summed E-state index contributed by atoms with van der Waals surface area (Å²) in [6.45, 7) is 4.11. The zero-order chi connectivity index (χ0) is 11.9. The summed E-state index contributed by atoms with van der Waals surface area (Å²) < 4.78 is 0. The minimum absolute atomic E-state index is 0.118. The number of piperidine rings is 1. The average molecular weight is 236 g/mol. The maximum Gasteiger partial charge on any atom is 0.226 e. The molecule has 96 valence electrons. The van der Waals surface area contributed by atoms with E-state index < -0.39 is 0 Å². The molecule has 0 aromatic carbocycles. The highest BCUT2D eigenvalue weighted by atomic mass is 16.2. The van der Waals surface area contributed by atoms with Crippen molar-refractivity contribution in [2.75, 3.05) is 13.1 Å². The van der Waals surface area contributed by atoms with E-state index in [4.69, 9.17) is 0 Å². The quantitative estimate of drug-likeness (QED) is 0.766. The van der Waals surface area contributed by atoms with Crippen LogP contribution in [-0.4, -0.2) is 25.0 Å². The lowest BCUT2D eigenvalue weighted by molar-refractivity contribution is -0.132. The molecule has 2 N–H and O–H groups in total. The fraction of sp³-hybridized carbons (Fsp3) is 0.929. The lowest BCUT2D eigenvalue weighted by Gasteiger charge is -2.35. The van der Waals surface area contributed by atoms with Gasteiger partial charge in [-0.15, -0.1) is 0 Å². The summed E-state index contributed by atoms with van der Waals surface area (Å²) in [7, 11) is 0. The Kier molecular flexibility index (Phi) is 2.89. The molecule has 1 amide bonds. The van der Waals surface area contributed by atoms with Crippen molar-refractivity contribution in [1.82, 2.24) is 10.6 Å². The molecule has 2 bridgehead atoms. The van der Waals surface area contributed by atoms with E-state index in [1.165, 1.54) is 25.7 Å². The number of carbonyl (C=O) groups is 1.